The average Bonchev–Trinajstić information content (AvgIpc) is 3.33. The number of nitrogens with one attached hydrogen (secondary N) is 2. The predicted molar refractivity (Wildman–Crippen MR) is 107 cm³/mol. The summed E-state index contributed by atoms with van der Waals surface area (Å²) < 4.78 is 5.13. The van der Waals surface area contributed by atoms with E-state index < -0.39 is 0 Å². The highest BCUT2D eigenvalue weighted by molar-refractivity contribution is 7.13. The van der Waals surface area contributed by atoms with Gasteiger partial charge in [0.15, 0.2) is 10.9 Å². The Morgan fingerprint density at radius 1 is 1.21 bits per heavy atom. The monoisotopic (exact) mass is 406 g/mol. The summed E-state index contributed by atoms with van der Waals surface area (Å²) in [6.07, 6.45) is 4.27. The van der Waals surface area contributed by atoms with Crippen LogP contribution in [0, 0.1) is 0 Å². The number of furan rings is 1. The van der Waals surface area contributed by atoms with Crippen molar-refractivity contribution in [3.8, 4) is 0 Å². The summed E-state index contributed by atoms with van der Waals surface area (Å²) in [6, 6.07) is 3.20. The largest absolute Gasteiger partial charge is 0.459 e. The van der Waals surface area contributed by atoms with E-state index in [4.69, 9.17) is 4.42 Å². The molecule has 0 aliphatic carbocycles. The van der Waals surface area contributed by atoms with Crippen molar-refractivity contribution in [2.75, 3.05) is 25.0 Å². The van der Waals surface area contributed by atoms with E-state index in [0.717, 1.165) is 12.8 Å². The van der Waals surface area contributed by atoms with E-state index in [-0.39, 0.29) is 36.4 Å². The van der Waals surface area contributed by atoms with Gasteiger partial charge in [-0.2, -0.15) is 0 Å². The summed E-state index contributed by atoms with van der Waals surface area (Å²) >= 11 is 1.25. The van der Waals surface area contributed by atoms with Gasteiger partial charge >= 0.3 is 0 Å². The number of carbonyl (C=O) groups excluding carboxylic acids is 3. The number of aromatic nitrogens is 1. The Morgan fingerprint density at radius 3 is 2.71 bits per heavy atom. The Kier molecular flexibility index (Phi) is 8.67. The van der Waals surface area contributed by atoms with E-state index in [1.807, 2.05) is 6.92 Å². The second-order valence-electron chi connectivity index (χ2n) is 6.28. The molecule has 28 heavy (non-hydrogen) atoms. The normalized spacial score (nSPS) is 10.5. The van der Waals surface area contributed by atoms with Crippen LogP contribution in [-0.2, 0) is 16.0 Å². The van der Waals surface area contributed by atoms with Crippen molar-refractivity contribution in [3.63, 3.8) is 0 Å². The molecule has 0 aliphatic rings. The van der Waals surface area contributed by atoms with Gasteiger partial charge in [0.05, 0.1) is 18.4 Å². The van der Waals surface area contributed by atoms with Crippen LogP contribution in [-0.4, -0.2) is 47.2 Å². The molecule has 0 aliphatic heterocycles. The molecular weight excluding hydrogens is 380 g/mol. The van der Waals surface area contributed by atoms with Crippen molar-refractivity contribution in [1.29, 1.82) is 0 Å². The number of unbranched alkanes of at least 4 members (excludes halogenated alkanes) is 1. The smallest absolute Gasteiger partial charge is 0.290 e. The van der Waals surface area contributed by atoms with Crippen molar-refractivity contribution in [3.05, 3.63) is 35.2 Å². The fraction of sp³-hybridized carbons (Fsp3) is 0.474. The summed E-state index contributed by atoms with van der Waals surface area (Å²) in [7, 11) is 0. The second kappa shape index (κ2) is 11.2. The molecule has 0 saturated carbocycles. The number of thiazole rings is 1. The van der Waals surface area contributed by atoms with Gasteiger partial charge in [-0.15, -0.1) is 11.3 Å². The first-order chi connectivity index (χ1) is 13.5. The zero-order chi connectivity index (χ0) is 20.4. The van der Waals surface area contributed by atoms with Gasteiger partial charge in [0.1, 0.15) is 6.54 Å². The minimum absolute atomic E-state index is 0.0882. The van der Waals surface area contributed by atoms with E-state index in [1.165, 1.54) is 22.5 Å². The fourth-order valence-electron chi connectivity index (χ4n) is 2.49. The molecule has 0 fully saturated rings. The molecule has 0 aromatic carbocycles. The van der Waals surface area contributed by atoms with Crippen LogP contribution in [0.1, 0.15) is 49.4 Å². The van der Waals surface area contributed by atoms with Gasteiger partial charge in [-0.25, -0.2) is 4.98 Å². The maximum atomic E-state index is 12.4. The van der Waals surface area contributed by atoms with Gasteiger partial charge in [-0.05, 0) is 25.0 Å². The Morgan fingerprint density at radius 2 is 2.04 bits per heavy atom. The summed E-state index contributed by atoms with van der Waals surface area (Å²) in [5.74, 6) is -0.561. The van der Waals surface area contributed by atoms with Gasteiger partial charge in [0.2, 0.25) is 11.8 Å². The highest BCUT2D eigenvalue weighted by Crippen LogP contribution is 2.16. The highest BCUT2D eigenvalue weighted by atomic mass is 32.1. The lowest BCUT2D eigenvalue weighted by molar-refractivity contribution is -0.120. The Hall–Kier alpha value is -2.68. The maximum Gasteiger partial charge on any atom is 0.290 e. The van der Waals surface area contributed by atoms with Crippen LogP contribution < -0.4 is 10.6 Å². The van der Waals surface area contributed by atoms with Crippen LogP contribution in [0.3, 0.4) is 0 Å². The van der Waals surface area contributed by atoms with Crippen LogP contribution >= 0.6 is 11.3 Å². The number of hydrogen-bond acceptors (Lipinski definition) is 6. The molecule has 2 heterocycles. The number of amides is 3. The molecule has 2 N–H and O–H groups in total. The van der Waals surface area contributed by atoms with E-state index >= 15 is 0 Å². The van der Waals surface area contributed by atoms with Crippen LogP contribution in [0.2, 0.25) is 0 Å². The third-order valence-electron chi connectivity index (χ3n) is 3.84. The first-order valence-electron chi connectivity index (χ1n) is 9.37. The fourth-order valence-corrected chi connectivity index (χ4v) is 3.21. The lowest BCUT2D eigenvalue weighted by atomic mass is 10.3. The summed E-state index contributed by atoms with van der Waals surface area (Å²) in [5.41, 5.74) is 0.603. The van der Waals surface area contributed by atoms with Crippen LogP contribution in [0.25, 0.3) is 0 Å². The van der Waals surface area contributed by atoms with Crippen LogP contribution in [0.15, 0.2) is 28.2 Å². The van der Waals surface area contributed by atoms with E-state index in [1.54, 1.807) is 17.5 Å². The molecule has 0 spiro atoms. The first-order valence-corrected chi connectivity index (χ1v) is 10.2. The first kappa shape index (κ1) is 21.6. The lowest BCUT2D eigenvalue weighted by Crippen LogP contribution is -2.38. The molecule has 2 rings (SSSR count). The van der Waals surface area contributed by atoms with Crippen molar-refractivity contribution in [2.45, 2.75) is 39.5 Å². The number of carbonyl (C=O) groups is 3. The molecule has 0 unspecified atom stereocenters. The lowest BCUT2D eigenvalue weighted by Gasteiger charge is -2.20. The van der Waals surface area contributed by atoms with Crippen molar-refractivity contribution >= 4 is 34.2 Å². The second-order valence-corrected chi connectivity index (χ2v) is 7.13. The van der Waals surface area contributed by atoms with Gasteiger partial charge in [-0.1, -0.05) is 20.3 Å². The molecule has 2 aromatic rings. The minimum Gasteiger partial charge on any atom is -0.459 e. The van der Waals surface area contributed by atoms with Crippen molar-refractivity contribution < 1.29 is 18.8 Å². The van der Waals surface area contributed by atoms with Crippen LogP contribution in [0.4, 0.5) is 5.13 Å². The predicted octanol–water partition coefficient (Wildman–Crippen LogP) is 2.69. The Labute approximate surface area is 168 Å². The van der Waals surface area contributed by atoms with E-state index in [9.17, 15) is 14.4 Å². The molecule has 0 saturated heterocycles. The van der Waals surface area contributed by atoms with Gasteiger partial charge < -0.3 is 20.0 Å². The van der Waals surface area contributed by atoms with Crippen LogP contribution in [0.5, 0.6) is 0 Å². The molecule has 3 amide bonds. The SMILES string of the molecule is CCCCNC(=O)Cc1csc(NC(=O)CN(CCC)C(=O)c2ccco2)n1. The molecule has 0 bridgehead atoms. The zero-order valence-corrected chi connectivity index (χ0v) is 17.0. The number of rotatable bonds is 11. The number of nitrogens with zero attached hydrogens (tertiary/aromatic N) is 2. The topological polar surface area (TPSA) is 105 Å². The van der Waals surface area contributed by atoms with Gasteiger partial charge in [-0.3, -0.25) is 14.4 Å². The maximum absolute atomic E-state index is 12.4. The summed E-state index contributed by atoms with van der Waals surface area (Å²) in [4.78, 5) is 42.3. The van der Waals surface area contributed by atoms with E-state index in [0.29, 0.717) is 30.3 Å². The molecule has 0 atom stereocenters. The molecule has 8 nitrogen and oxygen atoms in total. The van der Waals surface area contributed by atoms with Gasteiger partial charge in [0, 0.05) is 18.5 Å². The Bertz CT molecular complexity index is 773. The summed E-state index contributed by atoms with van der Waals surface area (Å²) in [5, 5.41) is 7.67. The average molecular weight is 407 g/mol. The third-order valence-corrected chi connectivity index (χ3v) is 4.65. The zero-order valence-electron chi connectivity index (χ0n) is 16.2. The molecule has 0 radical (unpaired) electrons. The van der Waals surface area contributed by atoms with Crippen molar-refractivity contribution in [1.82, 2.24) is 15.2 Å². The highest BCUT2D eigenvalue weighted by Gasteiger charge is 2.21. The third kappa shape index (κ3) is 6.80. The minimum atomic E-state index is -0.346. The van der Waals surface area contributed by atoms with E-state index in [2.05, 4.69) is 22.5 Å². The molecule has 2 aromatic heterocycles. The Balaban J connectivity index is 1.87. The molecular formula is C19H26N4O4S. The summed E-state index contributed by atoms with van der Waals surface area (Å²) in [6.45, 7) is 4.98. The van der Waals surface area contributed by atoms with Gasteiger partial charge in [0.25, 0.3) is 5.91 Å². The number of anilines is 1. The molecule has 9 heteroatoms. The molecule has 152 valence electrons. The standard InChI is InChI=1S/C19H26N4O4S/c1-3-5-8-20-16(24)11-14-13-28-19(21-14)22-17(25)12-23(9-4-2)18(26)15-7-6-10-27-15/h6-7,10,13H,3-5,8-9,11-12H2,1-2H3,(H,20,24)(H,21,22,25). The number of hydrogen-bond donors (Lipinski definition) is 2. The van der Waals surface area contributed by atoms with Crippen molar-refractivity contribution in [2.24, 2.45) is 0 Å². The quantitative estimate of drug-likeness (QED) is 0.558.